The molecule has 0 saturated heterocycles. The Bertz CT molecular complexity index is 554. The molecule has 0 amide bonds. The first kappa shape index (κ1) is 12.5. The van der Waals surface area contributed by atoms with E-state index >= 15 is 0 Å². The van der Waals surface area contributed by atoms with Crippen molar-refractivity contribution in [2.75, 3.05) is 5.32 Å². The minimum atomic E-state index is -0.390. The van der Waals surface area contributed by atoms with Gasteiger partial charge in [-0.05, 0) is 19.4 Å². The summed E-state index contributed by atoms with van der Waals surface area (Å²) in [6.07, 6.45) is 1.75. The summed E-state index contributed by atoms with van der Waals surface area (Å²) in [4.78, 5) is 14.6. The Balaban J connectivity index is 2.23. The van der Waals surface area contributed by atoms with E-state index in [4.69, 9.17) is 0 Å². The van der Waals surface area contributed by atoms with Crippen LogP contribution in [0, 0.1) is 17.0 Å². The van der Waals surface area contributed by atoms with E-state index < -0.39 is 4.92 Å². The van der Waals surface area contributed by atoms with Gasteiger partial charge in [0, 0.05) is 29.4 Å². The van der Waals surface area contributed by atoms with Crippen molar-refractivity contribution in [1.82, 2.24) is 4.98 Å². The van der Waals surface area contributed by atoms with E-state index in [1.807, 2.05) is 19.2 Å². The Morgan fingerprint density at radius 3 is 2.89 bits per heavy atom. The molecule has 0 aliphatic heterocycles. The Labute approximate surface area is 109 Å². The van der Waals surface area contributed by atoms with Crippen LogP contribution in [0.3, 0.4) is 0 Å². The molecule has 0 aliphatic carbocycles. The van der Waals surface area contributed by atoms with E-state index in [0.29, 0.717) is 0 Å². The number of aryl methyl sites for hydroxylation is 1. The first-order valence-electron chi connectivity index (χ1n) is 5.49. The van der Waals surface area contributed by atoms with Gasteiger partial charge in [0.15, 0.2) is 0 Å². The number of thiazole rings is 1. The van der Waals surface area contributed by atoms with Gasteiger partial charge in [-0.2, -0.15) is 0 Å². The molecule has 0 saturated carbocycles. The molecule has 18 heavy (non-hydrogen) atoms. The lowest BCUT2D eigenvalue weighted by molar-refractivity contribution is -0.384. The van der Waals surface area contributed by atoms with Crippen molar-refractivity contribution in [1.29, 1.82) is 0 Å². The van der Waals surface area contributed by atoms with Crippen LogP contribution in [0.2, 0.25) is 0 Å². The minimum Gasteiger partial charge on any atom is -0.376 e. The van der Waals surface area contributed by atoms with Gasteiger partial charge in [-0.3, -0.25) is 10.1 Å². The maximum atomic E-state index is 10.7. The van der Waals surface area contributed by atoms with Crippen molar-refractivity contribution in [3.05, 3.63) is 50.5 Å². The largest absolute Gasteiger partial charge is 0.376 e. The molecule has 2 rings (SSSR count). The van der Waals surface area contributed by atoms with Gasteiger partial charge in [0.2, 0.25) is 0 Å². The SMILES string of the molecule is Cc1ccc([N+](=O)[O-])cc1NC(C)c1nccs1. The van der Waals surface area contributed by atoms with Crippen LogP contribution >= 0.6 is 11.3 Å². The van der Waals surface area contributed by atoms with Gasteiger partial charge in [-0.25, -0.2) is 4.98 Å². The lowest BCUT2D eigenvalue weighted by atomic mass is 10.1. The third kappa shape index (κ3) is 2.65. The van der Waals surface area contributed by atoms with E-state index in [2.05, 4.69) is 10.3 Å². The number of rotatable bonds is 4. The van der Waals surface area contributed by atoms with E-state index in [1.165, 1.54) is 6.07 Å². The molecule has 1 heterocycles. The second-order valence-electron chi connectivity index (χ2n) is 3.99. The van der Waals surface area contributed by atoms with Crippen molar-refractivity contribution < 1.29 is 4.92 Å². The van der Waals surface area contributed by atoms with Crippen LogP contribution in [0.15, 0.2) is 29.8 Å². The molecule has 1 aromatic carbocycles. The standard InChI is InChI=1S/C12H13N3O2S/c1-8-3-4-10(15(16)17)7-11(8)14-9(2)12-13-5-6-18-12/h3-7,9,14H,1-2H3. The van der Waals surface area contributed by atoms with Gasteiger partial charge in [0.1, 0.15) is 5.01 Å². The fourth-order valence-electron chi connectivity index (χ4n) is 1.62. The quantitative estimate of drug-likeness (QED) is 0.676. The van der Waals surface area contributed by atoms with Crippen LogP contribution in [0.4, 0.5) is 11.4 Å². The Kier molecular flexibility index (Phi) is 3.57. The number of nitro groups is 1. The number of non-ortho nitro benzene ring substituents is 1. The first-order chi connectivity index (χ1) is 8.58. The summed E-state index contributed by atoms with van der Waals surface area (Å²) in [5.74, 6) is 0. The van der Waals surface area contributed by atoms with Gasteiger partial charge >= 0.3 is 0 Å². The van der Waals surface area contributed by atoms with Crippen LogP contribution in [-0.4, -0.2) is 9.91 Å². The van der Waals surface area contributed by atoms with Gasteiger partial charge in [0.25, 0.3) is 5.69 Å². The molecule has 1 N–H and O–H groups in total. The average Bonchev–Trinajstić information content (AvgIpc) is 2.85. The summed E-state index contributed by atoms with van der Waals surface area (Å²) in [6, 6.07) is 4.84. The number of benzene rings is 1. The van der Waals surface area contributed by atoms with Gasteiger partial charge in [0.05, 0.1) is 11.0 Å². The highest BCUT2D eigenvalue weighted by molar-refractivity contribution is 7.09. The summed E-state index contributed by atoms with van der Waals surface area (Å²) in [6.45, 7) is 3.90. The van der Waals surface area contributed by atoms with E-state index in [9.17, 15) is 10.1 Å². The molecule has 0 spiro atoms. The molecule has 1 aromatic heterocycles. The highest BCUT2D eigenvalue weighted by Gasteiger charge is 2.12. The predicted octanol–water partition coefficient (Wildman–Crippen LogP) is 3.53. The number of anilines is 1. The zero-order chi connectivity index (χ0) is 13.1. The Morgan fingerprint density at radius 2 is 2.28 bits per heavy atom. The van der Waals surface area contributed by atoms with Crippen molar-refractivity contribution in [3.8, 4) is 0 Å². The molecule has 0 fully saturated rings. The molecule has 5 nitrogen and oxygen atoms in total. The number of nitro benzene ring substituents is 1. The molecular formula is C12H13N3O2S. The van der Waals surface area contributed by atoms with Gasteiger partial charge < -0.3 is 5.32 Å². The fraction of sp³-hybridized carbons (Fsp3) is 0.250. The lowest BCUT2D eigenvalue weighted by Gasteiger charge is -2.14. The molecular weight excluding hydrogens is 250 g/mol. The predicted molar refractivity (Wildman–Crippen MR) is 72.0 cm³/mol. The first-order valence-corrected chi connectivity index (χ1v) is 6.37. The second kappa shape index (κ2) is 5.14. The number of aromatic nitrogens is 1. The third-order valence-corrected chi connectivity index (χ3v) is 3.58. The normalized spacial score (nSPS) is 12.1. The smallest absolute Gasteiger partial charge is 0.271 e. The van der Waals surface area contributed by atoms with E-state index in [-0.39, 0.29) is 11.7 Å². The van der Waals surface area contributed by atoms with Crippen LogP contribution in [-0.2, 0) is 0 Å². The van der Waals surface area contributed by atoms with E-state index in [1.54, 1.807) is 29.7 Å². The molecule has 0 bridgehead atoms. The Morgan fingerprint density at radius 1 is 1.50 bits per heavy atom. The van der Waals surface area contributed by atoms with Crippen LogP contribution in [0.1, 0.15) is 23.5 Å². The summed E-state index contributed by atoms with van der Waals surface area (Å²) < 4.78 is 0. The van der Waals surface area contributed by atoms with Crippen LogP contribution in [0.5, 0.6) is 0 Å². The summed E-state index contributed by atoms with van der Waals surface area (Å²) in [7, 11) is 0. The number of nitrogens with one attached hydrogen (secondary N) is 1. The highest BCUT2D eigenvalue weighted by atomic mass is 32.1. The molecule has 1 atom stereocenters. The number of nitrogens with zero attached hydrogens (tertiary/aromatic N) is 2. The van der Waals surface area contributed by atoms with Gasteiger partial charge in [-0.15, -0.1) is 11.3 Å². The van der Waals surface area contributed by atoms with Crippen molar-refractivity contribution in [3.63, 3.8) is 0 Å². The molecule has 2 aromatic rings. The minimum absolute atomic E-state index is 0.0331. The monoisotopic (exact) mass is 263 g/mol. The summed E-state index contributed by atoms with van der Waals surface area (Å²) in [5.41, 5.74) is 1.84. The molecule has 0 aliphatic rings. The maximum absolute atomic E-state index is 10.7. The van der Waals surface area contributed by atoms with Crippen LogP contribution in [0.25, 0.3) is 0 Å². The van der Waals surface area contributed by atoms with Crippen LogP contribution < -0.4 is 5.32 Å². The second-order valence-corrected chi connectivity index (χ2v) is 4.92. The lowest BCUT2D eigenvalue weighted by Crippen LogP contribution is -2.07. The zero-order valence-electron chi connectivity index (χ0n) is 10.1. The average molecular weight is 263 g/mol. The maximum Gasteiger partial charge on any atom is 0.271 e. The summed E-state index contributed by atoms with van der Waals surface area (Å²) >= 11 is 1.56. The highest BCUT2D eigenvalue weighted by Crippen LogP contribution is 2.26. The van der Waals surface area contributed by atoms with Crippen molar-refractivity contribution >= 4 is 22.7 Å². The molecule has 94 valence electrons. The molecule has 1 unspecified atom stereocenters. The third-order valence-electron chi connectivity index (χ3n) is 2.63. The number of hydrogen-bond acceptors (Lipinski definition) is 5. The molecule has 0 radical (unpaired) electrons. The van der Waals surface area contributed by atoms with Crippen molar-refractivity contribution in [2.45, 2.75) is 19.9 Å². The Hall–Kier alpha value is -1.95. The zero-order valence-corrected chi connectivity index (χ0v) is 10.9. The number of hydrogen-bond donors (Lipinski definition) is 1. The van der Waals surface area contributed by atoms with E-state index in [0.717, 1.165) is 16.3 Å². The molecule has 6 heteroatoms. The van der Waals surface area contributed by atoms with Crippen molar-refractivity contribution in [2.24, 2.45) is 0 Å². The topological polar surface area (TPSA) is 68.1 Å². The summed E-state index contributed by atoms with van der Waals surface area (Å²) in [5, 5.41) is 16.9. The fourth-order valence-corrected chi connectivity index (χ4v) is 2.27. The van der Waals surface area contributed by atoms with Gasteiger partial charge in [-0.1, -0.05) is 6.07 Å².